The van der Waals surface area contributed by atoms with Crippen LogP contribution in [-0.2, 0) is 10.0 Å². The van der Waals surface area contributed by atoms with E-state index in [1.54, 1.807) is 0 Å². The van der Waals surface area contributed by atoms with Gasteiger partial charge in [0.15, 0.2) is 0 Å². The van der Waals surface area contributed by atoms with E-state index in [0.29, 0.717) is 0 Å². The maximum absolute atomic E-state index is 12.1. The Morgan fingerprint density at radius 1 is 1.15 bits per heavy atom. The summed E-state index contributed by atoms with van der Waals surface area (Å²) < 4.78 is 26.1. The highest BCUT2D eigenvalue weighted by atomic mass is 32.2. The lowest BCUT2D eigenvalue weighted by atomic mass is 10.1. The molecular weight excluding hydrogens is 290 g/mol. The molecule has 1 rings (SSSR count). The maximum Gasteiger partial charge on any atom is 0.335 e. The summed E-state index contributed by atoms with van der Waals surface area (Å²) in [5.74, 6) is -1.29. The number of aromatic carboxylic acids is 1. The van der Waals surface area contributed by atoms with E-state index in [2.05, 4.69) is 0 Å². The normalized spacial score (nSPS) is 12.3. The summed E-state index contributed by atoms with van der Waals surface area (Å²) in [7, 11) is -4.20. The molecule has 0 unspecified atom stereocenters. The van der Waals surface area contributed by atoms with E-state index < -0.39 is 41.4 Å². The molecule has 5 N–H and O–H groups in total. The average Bonchev–Trinajstić information content (AvgIpc) is 2.45. The zero-order chi connectivity index (χ0) is 15.4. The lowest BCUT2D eigenvalue weighted by Crippen LogP contribution is -2.56. The van der Waals surface area contributed by atoms with Crippen molar-refractivity contribution in [3.63, 3.8) is 0 Å². The van der Waals surface area contributed by atoms with Gasteiger partial charge in [0.05, 0.1) is 30.3 Å². The number of hydrogen-bond acceptors (Lipinski definition) is 6. The summed E-state index contributed by atoms with van der Waals surface area (Å²) in [6.45, 7) is -2.46. The van der Waals surface area contributed by atoms with Crippen LogP contribution < -0.4 is 4.72 Å². The van der Waals surface area contributed by atoms with E-state index in [1.165, 1.54) is 12.1 Å². The van der Waals surface area contributed by atoms with E-state index in [4.69, 9.17) is 20.4 Å². The molecule has 0 aliphatic carbocycles. The van der Waals surface area contributed by atoms with Crippen LogP contribution in [0.1, 0.15) is 10.4 Å². The Balaban J connectivity index is 3.17. The van der Waals surface area contributed by atoms with E-state index in [0.717, 1.165) is 12.1 Å². The molecule has 0 bridgehead atoms. The van der Waals surface area contributed by atoms with E-state index >= 15 is 0 Å². The molecule has 0 aliphatic rings. The first-order valence-corrected chi connectivity index (χ1v) is 6.98. The van der Waals surface area contributed by atoms with Crippen molar-refractivity contribution in [2.24, 2.45) is 0 Å². The van der Waals surface area contributed by atoms with Crippen molar-refractivity contribution in [1.82, 2.24) is 4.72 Å². The van der Waals surface area contributed by atoms with Crippen LogP contribution in [0.25, 0.3) is 0 Å². The molecule has 0 aromatic heterocycles. The number of carboxylic acids is 1. The van der Waals surface area contributed by atoms with Gasteiger partial charge in [-0.2, -0.15) is 4.72 Å². The Morgan fingerprint density at radius 2 is 1.70 bits per heavy atom. The number of hydrogen-bond donors (Lipinski definition) is 5. The van der Waals surface area contributed by atoms with E-state index in [9.17, 15) is 13.2 Å². The van der Waals surface area contributed by atoms with Crippen LogP contribution in [0.5, 0.6) is 0 Å². The van der Waals surface area contributed by atoms with Crippen LogP contribution in [0.15, 0.2) is 29.2 Å². The van der Waals surface area contributed by atoms with Crippen molar-refractivity contribution >= 4 is 16.0 Å². The summed E-state index contributed by atoms with van der Waals surface area (Å²) in [6.07, 6.45) is 0. The van der Waals surface area contributed by atoms with Gasteiger partial charge in [-0.15, -0.1) is 0 Å². The number of benzene rings is 1. The van der Waals surface area contributed by atoms with Gasteiger partial charge in [-0.05, 0) is 18.2 Å². The second-order valence-electron chi connectivity index (χ2n) is 4.19. The molecule has 0 spiro atoms. The number of aliphatic hydroxyl groups is 3. The Bertz CT molecular complexity index is 572. The largest absolute Gasteiger partial charge is 0.478 e. The van der Waals surface area contributed by atoms with Gasteiger partial charge < -0.3 is 20.4 Å². The van der Waals surface area contributed by atoms with Gasteiger partial charge in [0.25, 0.3) is 0 Å². The predicted octanol–water partition coefficient (Wildman–Crippen LogP) is -1.62. The van der Waals surface area contributed by atoms with Crippen molar-refractivity contribution in [2.45, 2.75) is 10.4 Å². The molecule has 0 saturated heterocycles. The number of sulfonamides is 1. The summed E-state index contributed by atoms with van der Waals surface area (Å²) in [6, 6.07) is 4.56. The lowest BCUT2D eigenvalue weighted by molar-refractivity contribution is 0.0581. The number of carboxylic acid groups (broad SMARTS) is 1. The van der Waals surface area contributed by atoms with Gasteiger partial charge in [0.1, 0.15) is 5.54 Å². The van der Waals surface area contributed by atoms with Crippen molar-refractivity contribution in [3.8, 4) is 0 Å². The highest BCUT2D eigenvalue weighted by Gasteiger charge is 2.34. The highest BCUT2D eigenvalue weighted by molar-refractivity contribution is 7.89. The molecule has 1 aromatic carbocycles. The number of rotatable bonds is 7. The predicted molar refractivity (Wildman–Crippen MR) is 67.7 cm³/mol. The van der Waals surface area contributed by atoms with Crippen molar-refractivity contribution in [1.29, 1.82) is 0 Å². The highest BCUT2D eigenvalue weighted by Crippen LogP contribution is 2.15. The van der Waals surface area contributed by atoms with Crippen LogP contribution in [-0.4, -0.2) is 60.2 Å². The van der Waals surface area contributed by atoms with Crippen LogP contribution in [0.4, 0.5) is 0 Å². The van der Waals surface area contributed by atoms with Crippen LogP contribution >= 0.6 is 0 Å². The van der Waals surface area contributed by atoms with Crippen LogP contribution in [0.2, 0.25) is 0 Å². The van der Waals surface area contributed by atoms with Crippen LogP contribution in [0.3, 0.4) is 0 Å². The number of carbonyl (C=O) groups is 1. The molecule has 1 aromatic rings. The Morgan fingerprint density at radius 3 is 2.15 bits per heavy atom. The van der Waals surface area contributed by atoms with Gasteiger partial charge in [-0.25, -0.2) is 13.2 Å². The van der Waals surface area contributed by atoms with Crippen molar-refractivity contribution < 1.29 is 33.6 Å². The molecule has 0 saturated carbocycles. The van der Waals surface area contributed by atoms with Crippen molar-refractivity contribution in [2.75, 3.05) is 19.8 Å². The molecular formula is C11H15NO7S. The first-order valence-electron chi connectivity index (χ1n) is 5.50. The summed E-state index contributed by atoms with van der Waals surface area (Å²) in [5, 5.41) is 36.1. The quantitative estimate of drug-likeness (QED) is 0.407. The fraction of sp³-hybridized carbons (Fsp3) is 0.364. The first kappa shape index (κ1) is 16.5. The summed E-state index contributed by atoms with van der Waals surface area (Å²) in [4.78, 5) is 10.4. The Labute approximate surface area is 115 Å². The minimum atomic E-state index is -4.20. The second kappa shape index (κ2) is 6.29. The van der Waals surface area contributed by atoms with Gasteiger partial charge >= 0.3 is 5.97 Å². The van der Waals surface area contributed by atoms with Gasteiger partial charge in [0, 0.05) is 0 Å². The smallest absolute Gasteiger partial charge is 0.335 e. The topological polar surface area (TPSA) is 144 Å². The third kappa shape index (κ3) is 3.52. The van der Waals surface area contributed by atoms with Gasteiger partial charge in [0.2, 0.25) is 10.0 Å². The Hall–Kier alpha value is -1.52. The number of nitrogens with one attached hydrogen (secondary N) is 1. The first-order chi connectivity index (χ1) is 9.30. The molecule has 9 heteroatoms. The molecule has 0 heterocycles. The minimum absolute atomic E-state index is 0.226. The maximum atomic E-state index is 12.1. The van der Waals surface area contributed by atoms with E-state index in [1.807, 2.05) is 4.72 Å². The minimum Gasteiger partial charge on any atom is -0.478 e. The zero-order valence-corrected chi connectivity index (χ0v) is 11.2. The summed E-state index contributed by atoms with van der Waals surface area (Å²) in [5.41, 5.74) is -2.05. The third-order valence-electron chi connectivity index (χ3n) is 2.65. The van der Waals surface area contributed by atoms with Gasteiger partial charge in [-0.1, -0.05) is 6.07 Å². The molecule has 0 radical (unpaired) electrons. The standard InChI is InChI=1S/C11H15NO7S/c13-5-11(6-14,7-15)12-20(18,19)9-3-1-2-8(4-9)10(16)17/h1-4,12-15H,5-7H2,(H,16,17). The average molecular weight is 305 g/mol. The molecule has 112 valence electrons. The van der Waals surface area contributed by atoms with Gasteiger partial charge in [-0.3, -0.25) is 0 Å². The van der Waals surface area contributed by atoms with Crippen molar-refractivity contribution in [3.05, 3.63) is 29.8 Å². The molecule has 0 amide bonds. The SMILES string of the molecule is O=C(O)c1cccc(S(=O)(=O)NC(CO)(CO)CO)c1. The molecule has 0 fully saturated rings. The second-order valence-corrected chi connectivity index (χ2v) is 5.88. The number of aliphatic hydroxyl groups excluding tert-OH is 3. The molecule has 20 heavy (non-hydrogen) atoms. The molecule has 8 nitrogen and oxygen atoms in total. The van der Waals surface area contributed by atoms with Crippen LogP contribution in [0, 0.1) is 0 Å². The zero-order valence-electron chi connectivity index (χ0n) is 10.4. The molecule has 0 aliphatic heterocycles. The monoisotopic (exact) mass is 305 g/mol. The molecule has 0 atom stereocenters. The lowest BCUT2D eigenvalue weighted by Gasteiger charge is -2.28. The fourth-order valence-corrected chi connectivity index (χ4v) is 2.81. The van der Waals surface area contributed by atoms with E-state index in [-0.39, 0.29) is 10.5 Å². The summed E-state index contributed by atoms with van der Waals surface area (Å²) >= 11 is 0. The Kier molecular flexibility index (Phi) is 5.20. The fourth-order valence-electron chi connectivity index (χ4n) is 1.39. The third-order valence-corrected chi connectivity index (χ3v) is 4.23.